The van der Waals surface area contributed by atoms with Gasteiger partial charge in [-0.05, 0) is 79.3 Å². The van der Waals surface area contributed by atoms with Gasteiger partial charge in [-0.15, -0.1) is 11.8 Å². The number of methoxy groups -OCH3 is 1. The Morgan fingerprint density at radius 3 is 1.46 bits per heavy atom. The molecule has 0 unspecified atom stereocenters. The summed E-state index contributed by atoms with van der Waals surface area (Å²) in [6.07, 6.45) is -0.655. The van der Waals surface area contributed by atoms with E-state index >= 15 is 14.4 Å². The van der Waals surface area contributed by atoms with E-state index in [9.17, 15) is 19.2 Å². The predicted octanol–water partition coefficient (Wildman–Crippen LogP) is 8.40. The molecule has 1 aliphatic rings. The highest BCUT2D eigenvalue weighted by Crippen LogP contribution is 2.49. The number of nitrogens with one attached hydrogen (secondary N) is 5. The molecular formula is C64H72N6O9S. The number of benzene rings is 6. The fourth-order valence-electron chi connectivity index (χ4n) is 10.1. The average molecular weight is 1100 g/mol. The second-order valence-electron chi connectivity index (χ2n) is 21.1. The molecular weight excluding hydrogens is 1030 g/mol. The molecule has 15 nitrogen and oxygen atoms in total. The van der Waals surface area contributed by atoms with E-state index in [1.807, 2.05) is 196 Å². The summed E-state index contributed by atoms with van der Waals surface area (Å²) >= 11 is 1.41. The molecule has 0 radical (unpaired) electrons. The number of hydrogen-bond donors (Lipinski definition) is 5. The standard InChI is InChI=1S/C64H72N6O9S/c1-44(2)40-51(57(73)65-42-56(72)78-6)66-59(75)54-38-25-39-70(54)60(76)53(43-80-64(48-32-19-10-20-33-48,49-34-21-11-22-35-49)50-36-23-12-24-37-50)67-58(74)52(68-61(77)79-62(3,4)5)41-55(71)69-63(45-26-13-7-14-27-45,46-28-15-8-16-29-46)47-30-17-9-18-31-47/h7-24,26-37,44,51-54H,25,38-43H2,1-6H3,(H,65,73)(H,66,75)(H,67,74)(H,68,77)(H,69,71)/t51-,52-,53-,54-/m0/s1. The van der Waals surface area contributed by atoms with Gasteiger partial charge in [0.05, 0.1) is 18.3 Å². The lowest BCUT2D eigenvalue weighted by atomic mass is 9.77. The van der Waals surface area contributed by atoms with Crippen LogP contribution in [0.1, 0.15) is 93.7 Å². The minimum Gasteiger partial charge on any atom is -0.468 e. The topological polar surface area (TPSA) is 201 Å². The number of likely N-dealkylation sites (tertiary alicyclic amines) is 1. The number of ether oxygens (including phenoxy) is 2. The summed E-state index contributed by atoms with van der Waals surface area (Å²) in [5.41, 5.74) is 2.59. The maximum Gasteiger partial charge on any atom is 0.408 e. The SMILES string of the molecule is COC(=O)CNC(=O)[C@H](CC(C)C)NC(=O)[C@@H]1CCCN1C(=O)[C@H](CSC(c1ccccc1)(c1ccccc1)c1ccccc1)NC(=O)[C@H](CC(=O)NC(c1ccccc1)(c1ccccc1)c1ccccc1)NC(=O)OC(C)(C)C. The molecule has 6 aromatic carbocycles. The van der Waals surface area contributed by atoms with E-state index in [2.05, 4.69) is 26.6 Å². The Bertz CT molecular complexity index is 2830. The number of hydrogen-bond acceptors (Lipinski definition) is 10. The number of alkyl carbamates (subject to hydrolysis) is 1. The van der Waals surface area contributed by atoms with Crippen LogP contribution in [0.5, 0.6) is 0 Å². The molecule has 0 saturated carbocycles. The second kappa shape index (κ2) is 27.6. The van der Waals surface area contributed by atoms with Crippen molar-refractivity contribution in [2.24, 2.45) is 5.92 Å². The van der Waals surface area contributed by atoms with E-state index in [0.29, 0.717) is 6.42 Å². The molecule has 1 heterocycles. The predicted molar refractivity (Wildman–Crippen MR) is 310 cm³/mol. The van der Waals surface area contributed by atoms with Crippen LogP contribution >= 0.6 is 11.8 Å². The third-order valence-electron chi connectivity index (χ3n) is 13.8. The lowest BCUT2D eigenvalue weighted by Gasteiger charge is -2.38. The van der Waals surface area contributed by atoms with E-state index in [4.69, 9.17) is 9.47 Å². The second-order valence-corrected chi connectivity index (χ2v) is 22.4. The Hall–Kier alpha value is -8.24. The Morgan fingerprint density at radius 1 is 0.588 bits per heavy atom. The molecule has 1 fully saturated rings. The highest BCUT2D eigenvalue weighted by Gasteiger charge is 2.44. The molecule has 0 aliphatic carbocycles. The first kappa shape index (κ1) is 59.4. The first-order valence-electron chi connectivity index (χ1n) is 27.0. The van der Waals surface area contributed by atoms with Gasteiger partial charge in [0.25, 0.3) is 0 Å². The number of carbonyl (C=O) groups is 7. The number of esters is 1. The Balaban J connectivity index is 1.29. The van der Waals surface area contributed by atoms with Crippen molar-refractivity contribution in [2.45, 2.75) is 100 Å². The van der Waals surface area contributed by atoms with Crippen molar-refractivity contribution in [3.63, 3.8) is 0 Å². The normalized spacial score (nSPS) is 14.6. The Kier molecular flexibility index (Phi) is 20.5. The highest BCUT2D eigenvalue weighted by atomic mass is 32.2. The Labute approximate surface area is 473 Å². The van der Waals surface area contributed by atoms with Crippen molar-refractivity contribution in [3.05, 3.63) is 215 Å². The van der Waals surface area contributed by atoms with E-state index in [-0.39, 0.29) is 31.1 Å². The van der Waals surface area contributed by atoms with Gasteiger partial charge >= 0.3 is 12.1 Å². The summed E-state index contributed by atoms with van der Waals surface area (Å²) in [7, 11) is 1.20. The zero-order chi connectivity index (χ0) is 57.3. The maximum absolute atomic E-state index is 15.6. The molecule has 6 aromatic rings. The third kappa shape index (κ3) is 14.9. The van der Waals surface area contributed by atoms with Crippen LogP contribution in [-0.2, 0) is 48.5 Å². The highest BCUT2D eigenvalue weighted by molar-refractivity contribution is 8.00. The fraction of sp³-hybridized carbons (Fsp3) is 0.328. The summed E-state index contributed by atoms with van der Waals surface area (Å²) in [5.74, 6) is -4.03. The van der Waals surface area contributed by atoms with Crippen LogP contribution in [0.15, 0.2) is 182 Å². The van der Waals surface area contributed by atoms with Crippen LogP contribution < -0.4 is 26.6 Å². The molecule has 418 valence electrons. The molecule has 0 bridgehead atoms. The fourth-order valence-corrected chi connectivity index (χ4v) is 11.7. The van der Waals surface area contributed by atoms with Gasteiger partial charge in [0, 0.05) is 12.3 Å². The van der Waals surface area contributed by atoms with Crippen molar-refractivity contribution in [3.8, 4) is 0 Å². The molecule has 7 rings (SSSR count). The van der Waals surface area contributed by atoms with E-state index < -0.39 is 94.6 Å². The molecule has 4 atom stereocenters. The molecule has 0 aromatic heterocycles. The molecule has 1 saturated heterocycles. The van der Waals surface area contributed by atoms with Crippen LogP contribution in [0.4, 0.5) is 4.79 Å². The minimum atomic E-state index is -1.61. The molecule has 5 N–H and O–H groups in total. The quantitative estimate of drug-likeness (QED) is 0.0307. The lowest BCUT2D eigenvalue weighted by Crippen LogP contribution is -2.59. The van der Waals surface area contributed by atoms with Gasteiger partial charge in [-0.1, -0.05) is 196 Å². The maximum atomic E-state index is 15.6. The number of rotatable bonds is 23. The van der Waals surface area contributed by atoms with Gasteiger partial charge in [0.15, 0.2) is 0 Å². The van der Waals surface area contributed by atoms with Crippen LogP contribution in [0.25, 0.3) is 0 Å². The molecule has 6 amide bonds. The summed E-state index contributed by atoms with van der Waals surface area (Å²) in [6.45, 7) is 8.55. The third-order valence-corrected chi connectivity index (χ3v) is 15.4. The van der Waals surface area contributed by atoms with Gasteiger partial charge in [0.2, 0.25) is 29.5 Å². The van der Waals surface area contributed by atoms with Crippen LogP contribution in [0.2, 0.25) is 0 Å². The zero-order valence-corrected chi connectivity index (χ0v) is 47.0. The molecule has 16 heteroatoms. The summed E-state index contributed by atoms with van der Waals surface area (Å²) in [5, 5.41) is 14.3. The van der Waals surface area contributed by atoms with Crippen molar-refractivity contribution in [1.29, 1.82) is 0 Å². The molecule has 80 heavy (non-hydrogen) atoms. The summed E-state index contributed by atoms with van der Waals surface area (Å²) in [4.78, 5) is 101. The number of thioether (sulfide) groups is 1. The first-order chi connectivity index (χ1) is 38.4. The van der Waals surface area contributed by atoms with Crippen molar-refractivity contribution in [2.75, 3.05) is 26.0 Å². The van der Waals surface area contributed by atoms with Crippen molar-refractivity contribution in [1.82, 2.24) is 31.5 Å². The van der Waals surface area contributed by atoms with E-state index in [0.717, 1.165) is 33.4 Å². The van der Waals surface area contributed by atoms with Crippen molar-refractivity contribution < 1.29 is 43.0 Å². The Morgan fingerprint density at radius 2 is 1.04 bits per heavy atom. The van der Waals surface area contributed by atoms with Gasteiger partial charge in [0.1, 0.15) is 41.9 Å². The van der Waals surface area contributed by atoms with Gasteiger partial charge in [-0.3, -0.25) is 28.8 Å². The summed E-state index contributed by atoms with van der Waals surface area (Å²) < 4.78 is 9.43. The molecule has 1 aliphatic heterocycles. The lowest BCUT2D eigenvalue weighted by molar-refractivity contribution is -0.143. The first-order valence-corrected chi connectivity index (χ1v) is 28.0. The average Bonchev–Trinajstić information content (AvgIpc) is 3.97. The number of carbonyl (C=O) groups excluding carboxylic acids is 7. The summed E-state index contributed by atoms with van der Waals surface area (Å²) in [6, 6.07) is 52.8. The monoisotopic (exact) mass is 1100 g/mol. The van der Waals surface area contributed by atoms with Crippen LogP contribution in [0, 0.1) is 5.92 Å². The van der Waals surface area contributed by atoms with Crippen LogP contribution in [0.3, 0.4) is 0 Å². The van der Waals surface area contributed by atoms with Gasteiger partial charge < -0.3 is 41.0 Å². The minimum absolute atomic E-state index is 0.0445. The smallest absolute Gasteiger partial charge is 0.408 e. The molecule has 0 spiro atoms. The number of amides is 6. The van der Waals surface area contributed by atoms with E-state index in [1.165, 1.54) is 23.8 Å². The van der Waals surface area contributed by atoms with E-state index in [1.54, 1.807) is 20.8 Å². The van der Waals surface area contributed by atoms with Gasteiger partial charge in [-0.25, -0.2) is 4.79 Å². The zero-order valence-electron chi connectivity index (χ0n) is 46.2. The van der Waals surface area contributed by atoms with Crippen LogP contribution in [-0.4, -0.2) is 102 Å². The van der Waals surface area contributed by atoms with Crippen molar-refractivity contribution >= 4 is 53.4 Å². The number of nitrogens with zero attached hydrogens (tertiary/aromatic N) is 1. The van der Waals surface area contributed by atoms with Gasteiger partial charge in [-0.2, -0.15) is 0 Å². The largest absolute Gasteiger partial charge is 0.468 e.